The lowest BCUT2D eigenvalue weighted by Gasteiger charge is -2.25. The highest BCUT2D eigenvalue weighted by Crippen LogP contribution is 2.30. The van der Waals surface area contributed by atoms with Gasteiger partial charge in [0.15, 0.2) is 0 Å². The minimum Gasteiger partial charge on any atom is -0.372 e. The zero-order valence-corrected chi connectivity index (χ0v) is 17.1. The van der Waals surface area contributed by atoms with Crippen LogP contribution in [0.15, 0.2) is 36.9 Å². The summed E-state index contributed by atoms with van der Waals surface area (Å²) in [6, 6.07) is 2.72. The third-order valence-electron chi connectivity index (χ3n) is 4.83. The number of alkyl halides is 3. The molecule has 0 aliphatic carbocycles. The van der Waals surface area contributed by atoms with Crippen molar-refractivity contribution in [3.8, 4) is 11.1 Å². The number of hydrogen-bond donors (Lipinski definition) is 3. The summed E-state index contributed by atoms with van der Waals surface area (Å²) < 4.78 is 37.5. The van der Waals surface area contributed by atoms with Crippen molar-refractivity contribution in [2.45, 2.75) is 32.5 Å². The number of carbonyl (C=O) groups is 1. The molecule has 0 aliphatic rings. The third kappa shape index (κ3) is 5.21. The Bertz CT molecular complexity index is 1040. The maximum Gasteiger partial charge on any atom is 0.405 e. The molecule has 6 nitrogen and oxygen atoms in total. The number of aromatic nitrogens is 3. The lowest BCUT2D eigenvalue weighted by Crippen LogP contribution is -2.46. The molecular weight excluding hydrogens is 419 g/mol. The summed E-state index contributed by atoms with van der Waals surface area (Å²) in [6.45, 7) is 2.30. The summed E-state index contributed by atoms with van der Waals surface area (Å²) in [5.74, 6) is -0.909. The Morgan fingerprint density at radius 1 is 1.27 bits per heavy atom. The van der Waals surface area contributed by atoms with Crippen molar-refractivity contribution in [1.29, 1.82) is 0 Å². The lowest BCUT2D eigenvalue weighted by molar-refractivity contribution is -0.139. The fraction of sp³-hybridized carbons (Fsp3) is 0.350. The summed E-state index contributed by atoms with van der Waals surface area (Å²) in [5.41, 5.74) is 2.74. The normalized spacial score (nSPS) is 13.8. The average Bonchev–Trinajstić information content (AvgIpc) is 3.12. The summed E-state index contributed by atoms with van der Waals surface area (Å²) >= 11 is 6.05. The molecule has 3 aromatic rings. The number of amides is 1. The van der Waals surface area contributed by atoms with Crippen molar-refractivity contribution >= 4 is 34.2 Å². The van der Waals surface area contributed by atoms with E-state index in [9.17, 15) is 18.0 Å². The molecule has 3 heterocycles. The molecule has 0 aromatic carbocycles. The molecule has 0 bridgehead atoms. The zero-order valence-electron chi connectivity index (χ0n) is 16.3. The molecule has 1 unspecified atom stereocenters. The first-order valence-corrected chi connectivity index (χ1v) is 9.74. The van der Waals surface area contributed by atoms with Gasteiger partial charge in [-0.15, -0.1) is 0 Å². The quantitative estimate of drug-likeness (QED) is 0.494. The van der Waals surface area contributed by atoms with Gasteiger partial charge in [0.25, 0.3) is 0 Å². The number of anilines is 1. The van der Waals surface area contributed by atoms with Gasteiger partial charge in [-0.3, -0.25) is 9.78 Å². The highest BCUT2D eigenvalue weighted by atomic mass is 35.5. The molecule has 0 saturated carbocycles. The van der Waals surface area contributed by atoms with E-state index >= 15 is 0 Å². The molecule has 3 rings (SSSR count). The SMILES string of the molecule is CC[C@@H](C)C(Nc1cncc(-c2c[nH]c3ncc(Cl)cc23)c1)C(=O)NCC(F)(F)F. The Morgan fingerprint density at radius 2 is 2.03 bits per heavy atom. The van der Waals surface area contributed by atoms with Gasteiger partial charge in [-0.1, -0.05) is 31.9 Å². The molecule has 160 valence electrons. The van der Waals surface area contributed by atoms with Crippen molar-refractivity contribution in [3.63, 3.8) is 0 Å². The largest absolute Gasteiger partial charge is 0.405 e. The van der Waals surface area contributed by atoms with E-state index in [1.807, 2.05) is 12.2 Å². The van der Waals surface area contributed by atoms with Crippen LogP contribution < -0.4 is 10.6 Å². The number of pyridine rings is 2. The minimum absolute atomic E-state index is 0.196. The van der Waals surface area contributed by atoms with Crippen LogP contribution >= 0.6 is 11.6 Å². The number of carbonyl (C=O) groups excluding carboxylic acids is 1. The van der Waals surface area contributed by atoms with Crippen LogP contribution in [0.2, 0.25) is 5.02 Å². The maximum absolute atomic E-state index is 12.5. The van der Waals surface area contributed by atoms with Crippen LogP contribution in [0.4, 0.5) is 18.9 Å². The molecule has 0 spiro atoms. The second-order valence-corrected chi connectivity index (χ2v) is 7.49. The molecule has 3 aromatic heterocycles. The first-order chi connectivity index (χ1) is 14.2. The molecule has 10 heteroatoms. The summed E-state index contributed by atoms with van der Waals surface area (Å²) in [7, 11) is 0. The summed E-state index contributed by atoms with van der Waals surface area (Å²) in [6.07, 6.45) is 2.62. The number of nitrogens with one attached hydrogen (secondary N) is 3. The number of H-pyrrole nitrogens is 1. The molecule has 3 N–H and O–H groups in total. The Morgan fingerprint density at radius 3 is 2.73 bits per heavy atom. The molecule has 0 fully saturated rings. The van der Waals surface area contributed by atoms with Crippen LogP contribution in [-0.2, 0) is 4.79 Å². The first-order valence-electron chi connectivity index (χ1n) is 9.37. The number of fused-ring (bicyclic) bond motifs is 1. The van der Waals surface area contributed by atoms with E-state index in [1.165, 1.54) is 12.4 Å². The topological polar surface area (TPSA) is 82.7 Å². The van der Waals surface area contributed by atoms with E-state index in [0.29, 0.717) is 22.8 Å². The lowest BCUT2D eigenvalue weighted by atomic mass is 9.98. The van der Waals surface area contributed by atoms with E-state index in [4.69, 9.17) is 11.6 Å². The first kappa shape index (κ1) is 21.9. The van der Waals surface area contributed by atoms with Crippen LogP contribution in [-0.4, -0.2) is 39.6 Å². The van der Waals surface area contributed by atoms with Gasteiger partial charge in [-0.2, -0.15) is 13.2 Å². The number of rotatable bonds is 7. The predicted molar refractivity (Wildman–Crippen MR) is 110 cm³/mol. The van der Waals surface area contributed by atoms with Crippen LogP contribution in [0.3, 0.4) is 0 Å². The summed E-state index contributed by atoms with van der Waals surface area (Å²) in [5, 5.41) is 6.29. The van der Waals surface area contributed by atoms with Gasteiger partial charge in [0.05, 0.1) is 10.7 Å². The molecule has 0 radical (unpaired) electrons. The standard InChI is InChI=1S/C20H21ClF3N5O/c1-3-11(2)17(19(30)28-10-20(22,23)24)29-14-4-12(6-25-8-14)16-9-27-18-15(16)5-13(21)7-26-18/h4-9,11,17,29H,3,10H2,1-2H3,(H,26,27)(H,28,30)/t11-,17?/m1/s1. The molecule has 30 heavy (non-hydrogen) atoms. The molecular formula is C20H21ClF3N5O. The highest BCUT2D eigenvalue weighted by Gasteiger charge is 2.31. The van der Waals surface area contributed by atoms with E-state index in [1.54, 1.807) is 31.5 Å². The van der Waals surface area contributed by atoms with Crippen molar-refractivity contribution in [2.24, 2.45) is 5.92 Å². The van der Waals surface area contributed by atoms with E-state index in [2.05, 4.69) is 20.3 Å². The Hall–Kier alpha value is -2.81. The van der Waals surface area contributed by atoms with Crippen LogP contribution in [0.25, 0.3) is 22.2 Å². The fourth-order valence-corrected chi connectivity index (χ4v) is 3.22. The maximum atomic E-state index is 12.5. The van der Waals surface area contributed by atoms with Gasteiger partial charge < -0.3 is 15.6 Å². The Kier molecular flexibility index (Phi) is 6.50. The zero-order chi connectivity index (χ0) is 21.9. The minimum atomic E-state index is -4.47. The fourth-order valence-electron chi connectivity index (χ4n) is 3.06. The molecule has 1 amide bonds. The predicted octanol–water partition coefficient (Wildman–Crippen LogP) is 4.78. The van der Waals surface area contributed by atoms with Gasteiger partial charge >= 0.3 is 6.18 Å². The van der Waals surface area contributed by atoms with Gasteiger partial charge in [0.1, 0.15) is 18.2 Å². The van der Waals surface area contributed by atoms with E-state index in [-0.39, 0.29) is 5.92 Å². The van der Waals surface area contributed by atoms with E-state index in [0.717, 1.165) is 16.5 Å². The van der Waals surface area contributed by atoms with Gasteiger partial charge in [0.2, 0.25) is 5.91 Å². The summed E-state index contributed by atoms with van der Waals surface area (Å²) in [4.78, 5) is 23.9. The van der Waals surface area contributed by atoms with Crippen LogP contribution in [0, 0.1) is 5.92 Å². The average molecular weight is 440 g/mol. The highest BCUT2D eigenvalue weighted by molar-refractivity contribution is 6.31. The second kappa shape index (κ2) is 8.91. The monoisotopic (exact) mass is 439 g/mol. The molecule has 0 saturated heterocycles. The molecule has 2 atom stereocenters. The Labute approximate surface area is 176 Å². The van der Waals surface area contributed by atoms with Crippen LogP contribution in [0.1, 0.15) is 20.3 Å². The van der Waals surface area contributed by atoms with Gasteiger partial charge in [0, 0.05) is 41.3 Å². The van der Waals surface area contributed by atoms with Gasteiger partial charge in [-0.05, 0) is 18.1 Å². The van der Waals surface area contributed by atoms with Crippen molar-refractivity contribution < 1.29 is 18.0 Å². The number of hydrogen-bond acceptors (Lipinski definition) is 4. The Balaban J connectivity index is 1.86. The smallest absolute Gasteiger partial charge is 0.372 e. The third-order valence-corrected chi connectivity index (χ3v) is 5.03. The van der Waals surface area contributed by atoms with Crippen molar-refractivity contribution in [2.75, 3.05) is 11.9 Å². The number of nitrogens with zero attached hydrogens (tertiary/aromatic N) is 2. The van der Waals surface area contributed by atoms with Crippen LogP contribution in [0.5, 0.6) is 0 Å². The number of halogens is 4. The second-order valence-electron chi connectivity index (χ2n) is 7.05. The van der Waals surface area contributed by atoms with Crippen molar-refractivity contribution in [1.82, 2.24) is 20.3 Å². The van der Waals surface area contributed by atoms with Gasteiger partial charge in [-0.25, -0.2) is 4.98 Å². The molecule has 0 aliphatic heterocycles. The van der Waals surface area contributed by atoms with E-state index < -0.39 is 24.7 Å². The van der Waals surface area contributed by atoms with Crippen molar-refractivity contribution in [3.05, 3.63) is 41.9 Å². The number of aromatic amines is 1.